The van der Waals surface area contributed by atoms with E-state index in [4.69, 9.17) is 9.72 Å². The van der Waals surface area contributed by atoms with Crippen LogP contribution in [0.25, 0.3) is 61.0 Å². The first kappa shape index (κ1) is 29.9. The molecule has 0 saturated heterocycles. The van der Waals surface area contributed by atoms with Crippen LogP contribution in [0.15, 0.2) is 164 Å². The van der Waals surface area contributed by atoms with Gasteiger partial charge in [0.25, 0.3) is 0 Å². The average Bonchev–Trinajstić information content (AvgIpc) is 3.47. The van der Waals surface area contributed by atoms with Crippen molar-refractivity contribution >= 4 is 38.6 Å². The second-order valence-corrected chi connectivity index (χ2v) is 14.8. The summed E-state index contributed by atoms with van der Waals surface area (Å²) in [5.74, 6) is 1.02. The van der Waals surface area contributed by atoms with Gasteiger partial charge in [0.05, 0.1) is 17.1 Å². The normalized spacial score (nSPS) is 19.8. The Morgan fingerprint density at radius 1 is 0.569 bits per heavy atom. The molecule has 51 heavy (non-hydrogen) atoms. The Kier molecular flexibility index (Phi) is 6.45. The fourth-order valence-electron chi connectivity index (χ4n) is 8.98. The Balaban J connectivity index is 1.14. The van der Waals surface area contributed by atoms with Gasteiger partial charge in [-0.1, -0.05) is 159 Å². The van der Waals surface area contributed by atoms with Crippen LogP contribution in [0, 0.1) is 5.92 Å². The highest BCUT2D eigenvalue weighted by Gasteiger charge is 2.52. The first-order valence-electron chi connectivity index (χ1n) is 17.9. The SMILES string of the molecule is CC1(C)c2ccccc2C2=C(c3ccc(-c4ccccc4)cc31)C1C=CC=C(c3ccc(-c4ccc5ccccc5n4)c4ccccc34)[C@]1(C)O2. The smallest absolute Gasteiger partial charge is 0.142 e. The summed E-state index contributed by atoms with van der Waals surface area (Å²) < 4.78 is 7.46. The number of benzene rings is 6. The Morgan fingerprint density at radius 2 is 1.27 bits per heavy atom. The number of nitrogens with zero attached hydrogens (tertiary/aromatic N) is 1. The molecule has 1 aromatic heterocycles. The Hall–Kier alpha value is -5.99. The molecule has 244 valence electrons. The molecule has 2 atom stereocenters. The minimum absolute atomic E-state index is 0.0244. The van der Waals surface area contributed by atoms with E-state index in [9.17, 15) is 0 Å². The van der Waals surface area contributed by atoms with Gasteiger partial charge in [0.1, 0.15) is 11.4 Å². The van der Waals surface area contributed by atoms with Crippen LogP contribution in [0.4, 0.5) is 0 Å². The number of aromatic nitrogens is 1. The van der Waals surface area contributed by atoms with Gasteiger partial charge in [-0.15, -0.1) is 0 Å². The summed E-state index contributed by atoms with van der Waals surface area (Å²) in [5, 5.41) is 3.53. The molecule has 0 bridgehead atoms. The summed E-state index contributed by atoms with van der Waals surface area (Å²) in [6.07, 6.45) is 6.87. The van der Waals surface area contributed by atoms with Crippen molar-refractivity contribution in [2.75, 3.05) is 0 Å². The van der Waals surface area contributed by atoms with Crippen molar-refractivity contribution in [1.82, 2.24) is 4.98 Å². The molecule has 2 heteroatoms. The number of hydrogen-bond donors (Lipinski definition) is 0. The third-order valence-corrected chi connectivity index (χ3v) is 11.6. The van der Waals surface area contributed by atoms with Crippen LogP contribution >= 0.6 is 0 Å². The van der Waals surface area contributed by atoms with E-state index >= 15 is 0 Å². The maximum atomic E-state index is 7.46. The molecular weight excluding hydrogens is 619 g/mol. The van der Waals surface area contributed by atoms with Gasteiger partial charge in [0.2, 0.25) is 0 Å². The van der Waals surface area contributed by atoms with Crippen molar-refractivity contribution in [3.05, 3.63) is 192 Å². The Bertz CT molecular complexity index is 2660. The van der Waals surface area contributed by atoms with Crippen molar-refractivity contribution in [2.45, 2.75) is 31.8 Å². The summed E-state index contributed by atoms with van der Waals surface area (Å²) in [6, 6.07) is 52.6. The Labute approximate surface area is 299 Å². The summed E-state index contributed by atoms with van der Waals surface area (Å²) >= 11 is 0. The van der Waals surface area contributed by atoms with Crippen LogP contribution in [0.2, 0.25) is 0 Å². The van der Waals surface area contributed by atoms with E-state index in [2.05, 4.69) is 185 Å². The number of hydrogen-bond acceptors (Lipinski definition) is 2. The van der Waals surface area contributed by atoms with Gasteiger partial charge in [-0.3, -0.25) is 0 Å². The molecule has 6 aromatic carbocycles. The molecule has 0 radical (unpaired) electrons. The summed E-state index contributed by atoms with van der Waals surface area (Å²) in [4.78, 5) is 5.09. The van der Waals surface area contributed by atoms with E-state index < -0.39 is 5.60 Å². The molecule has 0 fully saturated rings. The first-order valence-corrected chi connectivity index (χ1v) is 17.9. The maximum absolute atomic E-state index is 7.46. The van der Waals surface area contributed by atoms with E-state index in [-0.39, 0.29) is 11.3 Å². The summed E-state index contributed by atoms with van der Waals surface area (Å²) in [7, 11) is 0. The predicted octanol–water partition coefficient (Wildman–Crippen LogP) is 12.3. The number of allylic oxidation sites excluding steroid dienone is 2. The molecule has 1 unspecified atom stereocenters. The maximum Gasteiger partial charge on any atom is 0.142 e. The highest BCUT2D eigenvalue weighted by atomic mass is 16.5. The second-order valence-electron chi connectivity index (χ2n) is 14.8. The van der Waals surface area contributed by atoms with Gasteiger partial charge < -0.3 is 4.74 Å². The van der Waals surface area contributed by atoms with Crippen LogP contribution in [0.5, 0.6) is 0 Å². The fourth-order valence-corrected chi connectivity index (χ4v) is 8.98. The van der Waals surface area contributed by atoms with Crippen LogP contribution in [-0.4, -0.2) is 10.6 Å². The average molecular weight is 656 g/mol. The van der Waals surface area contributed by atoms with E-state index in [1.807, 2.05) is 0 Å². The van der Waals surface area contributed by atoms with Crippen molar-refractivity contribution < 1.29 is 4.74 Å². The zero-order chi connectivity index (χ0) is 34.3. The molecule has 3 aliphatic rings. The standard InChI is InChI=1S/C49H37NO/c1-48(2)40-20-11-10-19-39(40)47-46(38-26-24-33(30-43(38)48)31-14-5-4-6-15-31)42-22-13-21-41(49(42,3)51-47)36-27-28-37(35-18-9-8-17-34(35)36)45-29-25-32-16-7-12-23-44(32)50-45/h4-30,42H,1-3H3/t42?,49-/m0/s1. The number of fused-ring (bicyclic) bond motifs is 8. The molecule has 10 rings (SSSR count). The molecule has 2 nitrogen and oxygen atoms in total. The lowest BCUT2D eigenvalue weighted by Gasteiger charge is -2.38. The Morgan fingerprint density at radius 3 is 2.14 bits per heavy atom. The first-order chi connectivity index (χ1) is 24.9. The van der Waals surface area contributed by atoms with Gasteiger partial charge in [-0.05, 0) is 69.3 Å². The lowest BCUT2D eigenvalue weighted by atomic mass is 9.69. The van der Waals surface area contributed by atoms with Crippen LogP contribution < -0.4 is 0 Å². The van der Waals surface area contributed by atoms with E-state index in [1.165, 1.54) is 60.9 Å². The molecular formula is C49H37NO. The molecule has 2 heterocycles. The highest BCUT2D eigenvalue weighted by Crippen LogP contribution is 2.60. The molecule has 0 saturated carbocycles. The van der Waals surface area contributed by atoms with Crippen LogP contribution in [0.3, 0.4) is 0 Å². The minimum atomic E-state index is -0.616. The van der Waals surface area contributed by atoms with Crippen molar-refractivity contribution in [3.8, 4) is 22.4 Å². The molecule has 1 aliphatic heterocycles. The van der Waals surface area contributed by atoms with Gasteiger partial charge in [-0.2, -0.15) is 0 Å². The van der Waals surface area contributed by atoms with Crippen LogP contribution in [0.1, 0.15) is 48.6 Å². The highest BCUT2D eigenvalue weighted by molar-refractivity contribution is 6.06. The third-order valence-electron chi connectivity index (χ3n) is 11.6. The lowest BCUT2D eigenvalue weighted by molar-refractivity contribution is 0.115. The zero-order valence-electron chi connectivity index (χ0n) is 29.0. The minimum Gasteiger partial charge on any atom is -0.481 e. The topological polar surface area (TPSA) is 22.1 Å². The molecule has 0 spiro atoms. The summed E-state index contributed by atoms with van der Waals surface area (Å²) in [6.45, 7) is 7.02. The van der Waals surface area contributed by atoms with Crippen molar-refractivity contribution in [3.63, 3.8) is 0 Å². The fraction of sp³-hybridized carbons (Fsp3) is 0.122. The predicted molar refractivity (Wildman–Crippen MR) is 212 cm³/mol. The molecule has 2 aliphatic carbocycles. The number of rotatable bonds is 3. The molecule has 7 aromatic rings. The van der Waals surface area contributed by atoms with E-state index in [1.54, 1.807) is 0 Å². The van der Waals surface area contributed by atoms with Crippen molar-refractivity contribution in [1.29, 1.82) is 0 Å². The molecule has 0 amide bonds. The van der Waals surface area contributed by atoms with Crippen molar-refractivity contribution in [2.24, 2.45) is 5.92 Å². The van der Waals surface area contributed by atoms with Gasteiger partial charge >= 0.3 is 0 Å². The monoisotopic (exact) mass is 655 g/mol. The lowest BCUT2D eigenvalue weighted by Crippen LogP contribution is -2.36. The largest absolute Gasteiger partial charge is 0.481 e. The van der Waals surface area contributed by atoms with E-state index in [0.29, 0.717) is 0 Å². The number of pyridine rings is 1. The van der Waals surface area contributed by atoms with Gasteiger partial charge in [0.15, 0.2) is 0 Å². The summed E-state index contributed by atoms with van der Waals surface area (Å²) in [5.41, 5.74) is 13.5. The van der Waals surface area contributed by atoms with Crippen LogP contribution in [-0.2, 0) is 10.2 Å². The van der Waals surface area contributed by atoms with Gasteiger partial charge in [-0.25, -0.2) is 4.98 Å². The number of para-hydroxylation sites is 1. The zero-order valence-corrected chi connectivity index (χ0v) is 29.0. The second kappa shape index (κ2) is 11.0. The third kappa shape index (κ3) is 4.39. The number of ether oxygens (including phenoxy) is 1. The van der Waals surface area contributed by atoms with Gasteiger partial charge in [0, 0.05) is 33.1 Å². The quantitative estimate of drug-likeness (QED) is 0.189. The molecule has 0 N–H and O–H groups in total. The van der Waals surface area contributed by atoms with E-state index in [0.717, 1.165) is 27.9 Å².